The number of pyridine rings is 1. The highest BCUT2D eigenvalue weighted by Crippen LogP contribution is 2.24. The number of hydrogen-bond donors (Lipinski definition) is 1. The van der Waals surface area contributed by atoms with Crippen molar-refractivity contribution in [3.8, 4) is 0 Å². The molecule has 1 aromatic heterocycles. The number of halogens is 1. The molecule has 1 aromatic carbocycles. The number of piperidine rings is 1. The first-order chi connectivity index (χ1) is 10.5. The Kier molecular flexibility index (Phi) is 4.28. The lowest BCUT2D eigenvalue weighted by Crippen LogP contribution is -2.35. The van der Waals surface area contributed by atoms with Crippen LogP contribution < -0.4 is 5.43 Å². The number of hydrogen-bond acceptors (Lipinski definition) is 2. The summed E-state index contributed by atoms with van der Waals surface area (Å²) in [6, 6.07) is 3.65. The van der Waals surface area contributed by atoms with Crippen molar-refractivity contribution < 1.29 is 0 Å². The monoisotopic (exact) mass is 318 g/mol. The molecule has 3 nitrogen and oxygen atoms in total. The molecule has 1 aliphatic rings. The van der Waals surface area contributed by atoms with Crippen LogP contribution in [0.4, 0.5) is 0 Å². The third-order valence-electron chi connectivity index (χ3n) is 4.81. The average Bonchev–Trinajstić information content (AvgIpc) is 2.48. The molecule has 4 heteroatoms. The number of aromatic amines is 1. The molecule has 3 rings (SSSR count). The second kappa shape index (κ2) is 6.05. The zero-order valence-corrected chi connectivity index (χ0v) is 14.3. The fraction of sp³-hybridized carbons (Fsp3) is 0.500. The Morgan fingerprint density at radius 2 is 2.14 bits per heavy atom. The molecule has 0 bridgehead atoms. The van der Waals surface area contributed by atoms with E-state index in [0.29, 0.717) is 5.02 Å². The van der Waals surface area contributed by atoms with Crippen molar-refractivity contribution in [2.24, 2.45) is 5.92 Å². The second-order valence-electron chi connectivity index (χ2n) is 6.64. The zero-order valence-electron chi connectivity index (χ0n) is 13.5. The quantitative estimate of drug-likeness (QED) is 0.907. The predicted molar refractivity (Wildman–Crippen MR) is 92.7 cm³/mol. The van der Waals surface area contributed by atoms with Crippen LogP contribution in [0.3, 0.4) is 0 Å². The van der Waals surface area contributed by atoms with Gasteiger partial charge >= 0.3 is 0 Å². The van der Waals surface area contributed by atoms with Crippen molar-refractivity contribution >= 4 is 22.5 Å². The van der Waals surface area contributed by atoms with Gasteiger partial charge < -0.3 is 4.98 Å². The molecule has 118 valence electrons. The molecule has 0 amide bonds. The third kappa shape index (κ3) is 2.80. The van der Waals surface area contributed by atoms with E-state index in [1.807, 2.05) is 26.0 Å². The van der Waals surface area contributed by atoms with Crippen molar-refractivity contribution in [3.63, 3.8) is 0 Å². The van der Waals surface area contributed by atoms with E-state index in [-0.39, 0.29) is 5.43 Å². The smallest absolute Gasteiger partial charge is 0.194 e. The maximum Gasteiger partial charge on any atom is 0.194 e. The fourth-order valence-electron chi connectivity index (χ4n) is 3.48. The first-order valence-corrected chi connectivity index (χ1v) is 8.38. The molecule has 0 saturated carbocycles. The molecule has 2 heterocycles. The molecule has 0 aliphatic carbocycles. The van der Waals surface area contributed by atoms with Crippen LogP contribution in [-0.2, 0) is 6.54 Å². The van der Waals surface area contributed by atoms with Crippen molar-refractivity contribution in [2.45, 2.75) is 40.2 Å². The SMILES string of the molecule is Cc1[nH]c2c(C)c(Cl)ccc2c(=O)c1CN1CCCC(C)C1. The lowest BCUT2D eigenvalue weighted by molar-refractivity contribution is 0.176. The largest absolute Gasteiger partial charge is 0.358 e. The zero-order chi connectivity index (χ0) is 15.9. The summed E-state index contributed by atoms with van der Waals surface area (Å²) >= 11 is 6.17. The number of nitrogens with one attached hydrogen (secondary N) is 1. The number of benzene rings is 1. The molecule has 0 spiro atoms. The van der Waals surface area contributed by atoms with Gasteiger partial charge in [0.15, 0.2) is 5.43 Å². The Morgan fingerprint density at radius 1 is 1.36 bits per heavy atom. The van der Waals surface area contributed by atoms with Gasteiger partial charge in [-0.2, -0.15) is 0 Å². The Labute approximate surface area is 136 Å². The molecule has 1 unspecified atom stereocenters. The number of fused-ring (bicyclic) bond motifs is 1. The molecular weight excluding hydrogens is 296 g/mol. The van der Waals surface area contributed by atoms with Gasteiger partial charge in [0, 0.05) is 34.8 Å². The van der Waals surface area contributed by atoms with Crippen molar-refractivity contribution in [2.75, 3.05) is 13.1 Å². The van der Waals surface area contributed by atoms with Crippen LogP contribution in [0.25, 0.3) is 10.9 Å². The Morgan fingerprint density at radius 3 is 2.86 bits per heavy atom. The van der Waals surface area contributed by atoms with Gasteiger partial charge in [0.25, 0.3) is 0 Å². The normalized spacial score (nSPS) is 19.7. The predicted octanol–water partition coefficient (Wildman–Crippen LogP) is 4.03. The van der Waals surface area contributed by atoms with Crippen LogP contribution in [0.1, 0.15) is 36.6 Å². The van der Waals surface area contributed by atoms with Gasteiger partial charge in [-0.1, -0.05) is 18.5 Å². The van der Waals surface area contributed by atoms with E-state index in [1.165, 1.54) is 12.8 Å². The fourth-order valence-corrected chi connectivity index (χ4v) is 3.63. The third-order valence-corrected chi connectivity index (χ3v) is 5.22. The summed E-state index contributed by atoms with van der Waals surface area (Å²) in [6.07, 6.45) is 2.52. The Balaban J connectivity index is 2.03. The number of aryl methyl sites for hydroxylation is 2. The van der Waals surface area contributed by atoms with Gasteiger partial charge in [0.05, 0.1) is 5.52 Å². The van der Waals surface area contributed by atoms with Crippen LogP contribution in [0.5, 0.6) is 0 Å². The number of nitrogens with zero attached hydrogens (tertiary/aromatic N) is 1. The van der Waals surface area contributed by atoms with E-state index in [4.69, 9.17) is 11.6 Å². The molecule has 2 aromatic rings. The minimum atomic E-state index is 0.143. The van der Waals surface area contributed by atoms with Crippen molar-refractivity contribution in [3.05, 3.63) is 44.2 Å². The molecule has 1 saturated heterocycles. The molecule has 1 aliphatic heterocycles. The topological polar surface area (TPSA) is 36.1 Å². The van der Waals surface area contributed by atoms with Gasteiger partial charge in [-0.25, -0.2) is 0 Å². The minimum absolute atomic E-state index is 0.143. The molecule has 1 N–H and O–H groups in total. The summed E-state index contributed by atoms with van der Waals surface area (Å²) in [5, 5.41) is 1.44. The number of rotatable bonds is 2. The van der Waals surface area contributed by atoms with Crippen LogP contribution in [0.2, 0.25) is 5.02 Å². The van der Waals surface area contributed by atoms with Gasteiger partial charge in [0.2, 0.25) is 0 Å². The molecule has 1 atom stereocenters. The minimum Gasteiger partial charge on any atom is -0.358 e. The van der Waals surface area contributed by atoms with Crippen LogP contribution in [0.15, 0.2) is 16.9 Å². The van der Waals surface area contributed by atoms with Crippen molar-refractivity contribution in [1.82, 2.24) is 9.88 Å². The summed E-state index contributed by atoms with van der Waals surface area (Å²) in [7, 11) is 0. The van der Waals surface area contributed by atoms with Crippen LogP contribution in [0, 0.1) is 19.8 Å². The van der Waals surface area contributed by atoms with E-state index in [9.17, 15) is 4.79 Å². The van der Waals surface area contributed by atoms with E-state index in [2.05, 4.69) is 16.8 Å². The first-order valence-electron chi connectivity index (χ1n) is 8.00. The standard InChI is InChI=1S/C18H23ClN2O/c1-11-5-4-8-21(9-11)10-15-13(3)20-17-12(2)16(19)7-6-14(17)18(15)22/h6-7,11H,4-5,8-10H2,1-3H3,(H,20,22). The highest BCUT2D eigenvalue weighted by Gasteiger charge is 2.19. The summed E-state index contributed by atoms with van der Waals surface area (Å²) < 4.78 is 0. The number of H-pyrrole nitrogens is 1. The Bertz CT molecular complexity index is 766. The maximum absolute atomic E-state index is 12.9. The Hall–Kier alpha value is -1.32. The van der Waals surface area contributed by atoms with E-state index >= 15 is 0 Å². The first kappa shape index (κ1) is 15.6. The van der Waals surface area contributed by atoms with E-state index in [0.717, 1.165) is 53.3 Å². The summed E-state index contributed by atoms with van der Waals surface area (Å²) in [6.45, 7) is 9.13. The summed E-state index contributed by atoms with van der Waals surface area (Å²) in [5.74, 6) is 0.717. The molecule has 0 radical (unpaired) electrons. The lowest BCUT2D eigenvalue weighted by atomic mass is 9.99. The van der Waals surface area contributed by atoms with Gasteiger partial charge in [-0.05, 0) is 56.8 Å². The highest BCUT2D eigenvalue weighted by atomic mass is 35.5. The molecule has 1 fully saturated rings. The highest BCUT2D eigenvalue weighted by molar-refractivity contribution is 6.32. The summed E-state index contributed by atoms with van der Waals surface area (Å²) in [5.41, 5.74) is 3.80. The van der Waals surface area contributed by atoms with E-state index in [1.54, 1.807) is 0 Å². The summed E-state index contributed by atoms with van der Waals surface area (Å²) in [4.78, 5) is 18.7. The van der Waals surface area contributed by atoms with Crippen molar-refractivity contribution in [1.29, 1.82) is 0 Å². The van der Waals surface area contributed by atoms with Crippen LogP contribution >= 0.6 is 11.6 Å². The maximum atomic E-state index is 12.9. The molecule has 22 heavy (non-hydrogen) atoms. The lowest BCUT2D eigenvalue weighted by Gasteiger charge is -2.31. The van der Waals surface area contributed by atoms with Gasteiger partial charge in [-0.15, -0.1) is 0 Å². The number of aromatic nitrogens is 1. The number of likely N-dealkylation sites (tertiary alicyclic amines) is 1. The average molecular weight is 319 g/mol. The second-order valence-corrected chi connectivity index (χ2v) is 7.04. The van der Waals surface area contributed by atoms with Crippen LogP contribution in [-0.4, -0.2) is 23.0 Å². The van der Waals surface area contributed by atoms with Gasteiger partial charge in [-0.3, -0.25) is 9.69 Å². The van der Waals surface area contributed by atoms with Gasteiger partial charge in [0.1, 0.15) is 0 Å². The van der Waals surface area contributed by atoms with E-state index < -0.39 is 0 Å². The molecular formula is C18H23ClN2O.